The van der Waals surface area contributed by atoms with Crippen molar-refractivity contribution in [1.82, 2.24) is 5.32 Å². The molecule has 0 aromatic rings. The minimum atomic E-state index is -1.02. The summed E-state index contributed by atoms with van der Waals surface area (Å²) in [5.74, 6) is -1.36. The number of amides is 1. The Labute approximate surface area is 320 Å². The van der Waals surface area contributed by atoms with Crippen LogP contribution in [0.3, 0.4) is 0 Å². The number of unbranched alkanes of at least 4 members (excludes halogenated alkanes) is 21. The van der Waals surface area contributed by atoms with Crippen molar-refractivity contribution in [1.29, 1.82) is 0 Å². The predicted molar refractivity (Wildman–Crippen MR) is 220 cm³/mol. The maximum Gasteiger partial charge on any atom is 0.326 e. The second-order valence-corrected chi connectivity index (χ2v) is 14.7. The molecule has 1 amide bonds. The van der Waals surface area contributed by atoms with E-state index in [1.807, 2.05) is 6.08 Å². The number of carboxylic acid groups (broad SMARTS) is 1. The number of carboxylic acids is 1. The molecule has 7 heteroatoms. The molecule has 4 N–H and O–H groups in total. The highest BCUT2D eigenvalue weighted by molar-refractivity contribution is 5.83. The van der Waals surface area contributed by atoms with Crippen molar-refractivity contribution in [2.45, 2.75) is 225 Å². The van der Waals surface area contributed by atoms with E-state index in [2.05, 4.69) is 49.5 Å². The molecule has 0 spiro atoms. The number of hydrogen-bond acceptors (Lipinski definition) is 5. The lowest BCUT2D eigenvalue weighted by atomic mass is 10.0. The van der Waals surface area contributed by atoms with Gasteiger partial charge in [0.05, 0.1) is 0 Å². The standard InChI is InChI=1S/C45H82N2O5/c1-3-5-7-9-11-13-14-15-16-17-18-19-20-21-22-23-25-27-33-39-44(49)52-41(35-30-26-24-12-10-8-6-4-2)36-31-28-29-32-38-43(48)47-42(45(50)51)37-34-40-46/h6,8,12,24,30,35,41-42H,3-5,7,9-11,13-23,25-29,31-34,36-40,46H2,1-2H3,(H,47,48)(H,50,51)/b8-6-,24-12-,35-30-. The number of nitrogens with two attached hydrogens (primary N) is 1. The van der Waals surface area contributed by atoms with E-state index < -0.39 is 12.0 Å². The average Bonchev–Trinajstić information content (AvgIpc) is 3.13. The Hall–Kier alpha value is -2.41. The fraction of sp³-hybridized carbons (Fsp3) is 0.800. The minimum absolute atomic E-state index is 0.110. The van der Waals surface area contributed by atoms with Crippen LogP contribution in [0.2, 0.25) is 0 Å². The molecule has 0 aromatic heterocycles. The Balaban J connectivity index is 4.19. The Bertz CT molecular complexity index is 915. The molecule has 0 bridgehead atoms. The summed E-state index contributed by atoms with van der Waals surface area (Å²) in [6, 6.07) is -0.875. The molecule has 302 valence electrons. The van der Waals surface area contributed by atoms with Gasteiger partial charge >= 0.3 is 11.9 Å². The third kappa shape index (κ3) is 36.0. The Morgan fingerprint density at radius 3 is 1.54 bits per heavy atom. The van der Waals surface area contributed by atoms with Crippen LogP contribution >= 0.6 is 0 Å². The summed E-state index contributed by atoms with van der Waals surface area (Å²) >= 11 is 0. The molecule has 0 radical (unpaired) electrons. The van der Waals surface area contributed by atoms with Crippen LogP contribution in [0.5, 0.6) is 0 Å². The lowest BCUT2D eigenvalue weighted by Gasteiger charge is -2.15. The Kier molecular flexibility index (Phi) is 37.9. The highest BCUT2D eigenvalue weighted by Gasteiger charge is 2.19. The maximum atomic E-state index is 12.7. The number of carbonyl (C=O) groups excluding carboxylic acids is 2. The Morgan fingerprint density at radius 2 is 1.04 bits per heavy atom. The number of hydrogen-bond donors (Lipinski definition) is 3. The van der Waals surface area contributed by atoms with Gasteiger partial charge in [0.15, 0.2) is 0 Å². The molecule has 0 aliphatic carbocycles. The molecule has 0 aliphatic rings. The van der Waals surface area contributed by atoms with Crippen LogP contribution in [0.4, 0.5) is 0 Å². The molecule has 7 nitrogen and oxygen atoms in total. The molecule has 2 unspecified atom stereocenters. The van der Waals surface area contributed by atoms with Crippen molar-refractivity contribution in [3.63, 3.8) is 0 Å². The number of esters is 1. The smallest absolute Gasteiger partial charge is 0.326 e. The lowest BCUT2D eigenvalue weighted by Crippen LogP contribution is -2.40. The topological polar surface area (TPSA) is 119 Å². The fourth-order valence-electron chi connectivity index (χ4n) is 6.44. The number of allylic oxidation sites excluding steroid dienone is 5. The van der Waals surface area contributed by atoms with Crippen LogP contribution in [0, 0.1) is 0 Å². The van der Waals surface area contributed by atoms with Crippen LogP contribution in [0.25, 0.3) is 0 Å². The zero-order valence-electron chi connectivity index (χ0n) is 33.9. The summed E-state index contributed by atoms with van der Waals surface area (Å²) in [5.41, 5.74) is 5.48. The van der Waals surface area contributed by atoms with Gasteiger partial charge in [0, 0.05) is 12.8 Å². The van der Waals surface area contributed by atoms with Crippen molar-refractivity contribution in [3.8, 4) is 0 Å². The van der Waals surface area contributed by atoms with Gasteiger partial charge in [-0.2, -0.15) is 0 Å². The van der Waals surface area contributed by atoms with E-state index in [1.54, 1.807) is 0 Å². The normalized spacial score (nSPS) is 13.0. The minimum Gasteiger partial charge on any atom is -0.480 e. The van der Waals surface area contributed by atoms with Gasteiger partial charge in [-0.3, -0.25) is 9.59 Å². The number of carbonyl (C=O) groups is 3. The summed E-state index contributed by atoms with van der Waals surface area (Å²) < 4.78 is 5.90. The zero-order chi connectivity index (χ0) is 38.2. The lowest BCUT2D eigenvalue weighted by molar-refractivity contribution is -0.147. The number of rotatable bonds is 39. The van der Waals surface area contributed by atoms with Crippen LogP contribution in [-0.4, -0.2) is 41.6 Å². The van der Waals surface area contributed by atoms with Crippen molar-refractivity contribution in [2.75, 3.05) is 6.54 Å². The van der Waals surface area contributed by atoms with E-state index in [0.717, 1.165) is 57.8 Å². The fourth-order valence-corrected chi connectivity index (χ4v) is 6.44. The van der Waals surface area contributed by atoms with E-state index in [4.69, 9.17) is 10.5 Å². The van der Waals surface area contributed by atoms with Crippen molar-refractivity contribution in [2.24, 2.45) is 5.73 Å². The maximum absolute atomic E-state index is 12.7. The monoisotopic (exact) mass is 731 g/mol. The van der Waals surface area contributed by atoms with Gasteiger partial charge in [0.25, 0.3) is 0 Å². The third-order valence-electron chi connectivity index (χ3n) is 9.70. The first kappa shape index (κ1) is 49.6. The number of aliphatic carboxylic acids is 1. The van der Waals surface area contributed by atoms with Crippen LogP contribution in [0.1, 0.15) is 213 Å². The van der Waals surface area contributed by atoms with Gasteiger partial charge in [-0.1, -0.05) is 173 Å². The van der Waals surface area contributed by atoms with Gasteiger partial charge in [0.2, 0.25) is 5.91 Å². The van der Waals surface area contributed by atoms with Crippen LogP contribution < -0.4 is 11.1 Å². The molecular weight excluding hydrogens is 649 g/mol. The SMILES string of the molecule is CC/C=C\C/C=C\C/C=C\C(CCCCCCC(=O)NC(CCCN)C(=O)O)OC(=O)CCCCCCCCCCCCCCCCCCCCC. The highest BCUT2D eigenvalue weighted by Crippen LogP contribution is 2.16. The van der Waals surface area contributed by atoms with E-state index >= 15 is 0 Å². The quantitative estimate of drug-likeness (QED) is 0.0329. The van der Waals surface area contributed by atoms with Gasteiger partial charge < -0.3 is 20.9 Å². The van der Waals surface area contributed by atoms with E-state index in [9.17, 15) is 19.5 Å². The summed E-state index contributed by atoms with van der Waals surface area (Å²) in [6.07, 6.45) is 46.5. The van der Waals surface area contributed by atoms with Gasteiger partial charge in [-0.05, 0) is 70.4 Å². The molecular formula is C45H82N2O5. The Morgan fingerprint density at radius 1 is 0.577 bits per heavy atom. The first-order valence-electron chi connectivity index (χ1n) is 21.8. The zero-order valence-corrected chi connectivity index (χ0v) is 33.9. The van der Waals surface area contributed by atoms with Crippen molar-refractivity contribution < 1.29 is 24.2 Å². The van der Waals surface area contributed by atoms with Crippen LogP contribution in [-0.2, 0) is 19.1 Å². The van der Waals surface area contributed by atoms with Gasteiger partial charge in [-0.15, -0.1) is 0 Å². The molecule has 0 saturated carbocycles. The molecule has 0 fully saturated rings. The van der Waals surface area contributed by atoms with Crippen molar-refractivity contribution >= 4 is 17.8 Å². The molecule has 52 heavy (non-hydrogen) atoms. The molecule has 0 rings (SSSR count). The predicted octanol–water partition coefficient (Wildman–Crippen LogP) is 12.2. The largest absolute Gasteiger partial charge is 0.480 e. The van der Waals surface area contributed by atoms with Gasteiger partial charge in [0.1, 0.15) is 12.1 Å². The van der Waals surface area contributed by atoms with Crippen LogP contribution in [0.15, 0.2) is 36.5 Å². The van der Waals surface area contributed by atoms with Crippen molar-refractivity contribution in [3.05, 3.63) is 36.5 Å². The molecule has 0 heterocycles. The summed E-state index contributed by atoms with van der Waals surface area (Å²) in [6.45, 7) is 4.81. The first-order valence-corrected chi connectivity index (χ1v) is 21.8. The summed E-state index contributed by atoms with van der Waals surface area (Å²) in [7, 11) is 0. The highest BCUT2D eigenvalue weighted by atomic mass is 16.5. The molecule has 2 atom stereocenters. The molecule has 0 saturated heterocycles. The third-order valence-corrected chi connectivity index (χ3v) is 9.70. The number of ether oxygens (including phenoxy) is 1. The molecule has 0 aromatic carbocycles. The van der Waals surface area contributed by atoms with E-state index in [-0.39, 0.29) is 18.0 Å². The first-order chi connectivity index (χ1) is 25.4. The average molecular weight is 731 g/mol. The second-order valence-electron chi connectivity index (χ2n) is 14.7. The summed E-state index contributed by atoms with van der Waals surface area (Å²) in [5, 5.41) is 11.9. The van der Waals surface area contributed by atoms with E-state index in [1.165, 1.54) is 109 Å². The van der Waals surface area contributed by atoms with E-state index in [0.29, 0.717) is 38.6 Å². The molecule has 0 aliphatic heterocycles. The second kappa shape index (κ2) is 39.8. The van der Waals surface area contributed by atoms with Gasteiger partial charge in [-0.25, -0.2) is 4.79 Å². The summed E-state index contributed by atoms with van der Waals surface area (Å²) in [4.78, 5) is 36.3. The number of nitrogens with one attached hydrogen (secondary N) is 1.